The Morgan fingerprint density at radius 1 is 1.03 bits per heavy atom. The molecule has 1 unspecified atom stereocenters. The molecule has 0 aliphatic heterocycles. The molecule has 0 radical (unpaired) electrons. The van der Waals surface area contributed by atoms with Gasteiger partial charge < -0.3 is 10.1 Å². The Kier molecular flexibility index (Phi) is 6.20. The van der Waals surface area contributed by atoms with Crippen molar-refractivity contribution in [3.8, 4) is 0 Å². The SMILES string of the molecule is Cc1ccc(C(=O)c2ccc(CN(c3ccccc3)S(=O)(=O)C(C)CO)[nH]2)cc1. The maximum Gasteiger partial charge on any atom is 0.240 e. The third-order valence-corrected chi connectivity index (χ3v) is 6.86. The molecule has 1 heterocycles. The zero-order valence-electron chi connectivity index (χ0n) is 16.4. The molecule has 2 N–H and O–H groups in total. The Balaban J connectivity index is 1.89. The van der Waals surface area contributed by atoms with Crippen LogP contribution in [0.25, 0.3) is 0 Å². The summed E-state index contributed by atoms with van der Waals surface area (Å²) in [5.41, 5.74) is 3.09. The summed E-state index contributed by atoms with van der Waals surface area (Å²) >= 11 is 0. The van der Waals surface area contributed by atoms with Gasteiger partial charge in [-0.05, 0) is 38.1 Å². The summed E-state index contributed by atoms with van der Waals surface area (Å²) in [7, 11) is -3.79. The lowest BCUT2D eigenvalue weighted by Crippen LogP contribution is -2.39. The summed E-state index contributed by atoms with van der Waals surface area (Å²) in [5, 5.41) is 8.44. The number of H-pyrrole nitrogens is 1. The molecule has 0 aliphatic carbocycles. The number of para-hydroxylation sites is 1. The second-order valence-corrected chi connectivity index (χ2v) is 9.25. The number of aliphatic hydroxyl groups is 1. The number of anilines is 1. The predicted octanol–water partition coefficient (Wildman–Crippen LogP) is 3.27. The number of nitrogens with one attached hydrogen (secondary N) is 1. The smallest absolute Gasteiger partial charge is 0.240 e. The minimum absolute atomic E-state index is 0.0257. The maximum atomic E-state index is 12.9. The first kappa shape index (κ1) is 20.8. The molecule has 2 aromatic carbocycles. The zero-order valence-corrected chi connectivity index (χ0v) is 17.2. The number of aromatic nitrogens is 1. The van der Waals surface area contributed by atoms with Crippen molar-refractivity contribution in [1.82, 2.24) is 4.98 Å². The van der Waals surface area contributed by atoms with Crippen molar-refractivity contribution >= 4 is 21.5 Å². The third kappa shape index (κ3) is 4.58. The van der Waals surface area contributed by atoms with Crippen molar-refractivity contribution in [1.29, 1.82) is 0 Å². The Labute approximate surface area is 170 Å². The molecule has 152 valence electrons. The molecule has 0 aliphatic rings. The lowest BCUT2D eigenvalue weighted by molar-refractivity contribution is 0.103. The summed E-state index contributed by atoms with van der Waals surface area (Å²) in [6.07, 6.45) is 0. The molecule has 7 heteroatoms. The number of carbonyl (C=O) groups is 1. The van der Waals surface area contributed by atoms with Crippen molar-refractivity contribution in [2.24, 2.45) is 0 Å². The molecule has 0 spiro atoms. The highest BCUT2D eigenvalue weighted by molar-refractivity contribution is 7.93. The van der Waals surface area contributed by atoms with E-state index in [9.17, 15) is 18.3 Å². The van der Waals surface area contributed by atoms with Gasteiger partial charge in [0, 0.05) is 11.3 Å². The van der Waals surface area contributed by atoms with Crippen LogP contribution in [-0.4, -0.2) is 36.1 Å². The average molecular weight is 413 g/mol. The number of ketones is 1. The van der Waals surface area contributed by atoms with Gasteiger partial charge in [0.15, 0.2) is 0 Å². The first-order chi connectivity index (χ1) is 13.8. The van der Waals surface area contributed by atoms with Gasteiger partial charge in [-0.1, -0.05) is 48.0 Å². The molecule has 0 saturated heterocycles. The van der Waals surface area contributed by atoms with Gasteiger partial charge in [0.1, 0.15) is 5.25 Å². The standard InChI is InChI=1S/C22H24N2O4S/c1-16-8-10-18(11-9-16)22(26)21-13-12-19(23-21)14-24(20-6-4-3-5-7-20)29(27,28)17(2)15-25/h3-13,17,23,25H,14-15H2,1-2H3. The predicted molar refractivity (Wildman–Crippen MR) is 113 cm³/mol. The fourth-order valence-electron chi connectivity index (χ4n) is 2.91. The number of aliphatic hydroxyl groups excluding tert-OH is 1. The second kappa shape index (κ2) is 8.63. The van der Waals surface area contributed by atoms with Crippen LogP contribution in [0, 0.1) is 6.92 Å². The van der Waals surface area contributed by atoms with E-state index in [0.29, 0.717) is 22.6 Å². The Morgan fingerprint density at radius 3 is 2.31 bits per heavy atom. The van der Waals surface area contributed by atoms with Crippen molar-refractivity contribution < 1.29 is 18.3 Å². The molecule has 29 heavy (non-hydrogen) atoms. The van der Waals surface area contributed by atoms with E-state index in [4.69, 9.17) is 0 Å². The highest BCUT2D eigenvalue weighted by atomic mass is 32.2. The van der Waals surface area contributed by atoms with Crippen molar-refractivity contribution in [3.63, 3.8) is 0 Å². The normalized spacial score (nSPS) is 12.5. The minimum Gasteiger partial charge on any atom is -0.395 e. The zero-order chi connectivity index (χ0) is 21.0. The van der Waals surface area contributed by atoms with Crippen LogP contribution < -0.4 is 4.31 Å². The van der Waals surface area contributed by atoms with Crippen molar-refractivity contribution in [2.45, 2.75) is 25.6 Å². The average Bonchev–Trinajstić information content (AvgIpc) is 3.20. The fraction of sp³-hybridized carbons (Fsp3) is 0.227. The van der Waals surface area contributed by atoms with E-state index in [1.54, 1.807) is 54.6 Å². The Morgan fingerprint density at radius 2 is 1.69 bits per heavy atom. The highest BCUT2D eigenvalue weighted by Crippen LogP contribution is 2.23. The van der Waals surface area contributed by atoms with Crippen LogP contribution in [0.2, 0.25) is 0 Å². The Hall–Kier alpha value is -2.90. The van der Waals surface area contributed by atoms with Crippen LogP contribution in [0.5, 0.6) is 0 Å². The quantitative estimate of drug-likeness (QED) is 0.556. The van der Waals surface area contributed by atoms with E-state index in [0.717, 1.165) is 5.56 Å². The summed E-state index contributed by atoms with van der Waals surface area (Å²) in [4.78, 5) is 15.7. The van der Waals surface area contributed by atoms with Gasteiger partial charge >= 0.3 is 0 Å². The molecule has 3 aromatic rings. The van der Waals surface area contributed by atoms with E-state index < -0.39 is 21.9 Å². The molecular weight excluding hydrogens is 388 g/mol. The third-order valence-electron chi connectivity index (χ3n) is 4.74. The Bertz CT molecular complexity index is 1070. The largest absolute Gasteiger partial charge is 0.395 e. The van der Waals surface area contributed by atoms with E-state index in [-0.39, 0.29) is 12.3 Å². The molecule has 1 atom stereocenters. The first-order valence-electron chi connectivity index (χ1n) is 9.29. The highest BCUT2D eigenvalue weighted by Gasteiger charge is 2.29. The first-order valence-corrected chi connectivity index (χ1v) is 10.8. The summed E-state index contributed by atoms with van der Waals surface area (Å²) in [6, 6.07) is 19.3. The van der Waals surface area contributed by atoms with Gasteiger partial charge in [0.2, 0.25) is 15.8 Å². The second-order valence-electron chi connectivity index (χ2n) is 6.97. The van der Waals surface area contributed by atoms with Crippen LogP contribution >= 0.6 is 0 Å². The van der Waals surface area contributed by atoms with Crippen molar-refractivity contribution in [3.05, 3.63) is 89.2 Å². The molecule has 3 rings (SSSR count). The summed E-state index contributed by atoms with van der Waals surface area (Å²) in [6.45, 7) is 2.96. The van der Waals surface area contributed by atoms with Crippen LogP contribution in [0.15, 0.2) is 66.7 Å². The number of nitrogens with zero attached hydrogens (tertiary/aromatic N) is 1. The molecular formula is C22H24N2O4S. The molecule has 1 aromatic heterocycles. The van der Waals surface area contributed by atoms with Crippen LogP contribution in [-0.2, 0) is 16.6 Å². The van der Waals surface area contributed by atoms with Gasteiger partial charge in [0.25, 0.3) is 0 Å². The van der Waals surface area contributed by atoms with E-state index in [1.807, 2.05) is 19.1 Å². The van der Waals surface area contributed by atoms with E-state index >= 15 is 0 Å². The summed E-state index contributed by atoms with van der Waals surface area (Å²) in [5.74, 6) is -0.158. The number of aromatic amines is 1. The number of carbonyl (C=O) groups excluding carboxylic acids is 1. The maximum absolute atomic E-state index is 12.9. The number of benzene rings is 2. The van der Waals surface area contributed by atoms with Crippen LogP contribution in [0.3, 0.4) is 0 Å². The molecule has 0 fully saturated rings. The topological polar surface area (TPSA) is 90.5 Å². The molecule has 0 amide bonds. The van der Waals surface area contributed by atoms with Gasteiger partial charge in [-0.25, -0.2) is 8.42 Å². The summed E-state index contributed by atoms with van der Waals surface area (Å²) < 4.78 is 27.1. The van der Waals surface area contributed by atoms with Crippen molar-refractivity contribution in [2.75, 3.05) is 10.9 Å². The van der Waals surface area contributed by atoms with Gasteiger partial charge in [-0.2, -0.15) is 0 Å². The van der Waals surface area contributed by atoms with E-state index in [2.05, 4.69) is 4.98 Å². The molecule has 0 bridgehead atoms. The number of hydrogen-bond acceptors (Lipinski definition) is 4. The van der Waals surface area contributed by atoms with Gasteiger partial charge in [-0.3, -0.25) is 9.10 Å². The number of sulfonamides is 1. The van der Waals surface area contributed by atoms with Crippen LogP contribution in [0.1, 0.15) is 34.2 Å². The lowest BCUT2D eigenvalue weighted by Gasteiger charge is -2.26. The molecule has 6 nitrogen and oxygen atoms in total. The number of rotatable bonds is 8. The fourth-order valence-corrected chi connectivity index (χ4v) is 4.27. The minimum atomic E-state index is -3.79. The lowest BCUT2D eigenvalue weighted by atomic mass is 10.1. The monoisotopic (exact) mass is 412 g/mol. The van der Waals surface area contributed by atoms with Gasteiger partial charge in [0.05, 0.1) is 24.5 Å². The molecule has 0 saturated carbocycles. The van der Waals surface area contributed by atoms with Crippen LogP contribution in [0.4, 0.5) is 5.69 Å². The van der Waals surface area contributed by atoms with E-state index in [1.165, 1.54) is 11.2 Å². The van der Waals surface area contributed by atoms with Gasteiger partial charge in [-0.15, -0.1) is 0 Å². The number of hydrogen-bond donors (Lipinski definition) is 2. The number of aryl methyl sites for hydroxylation is 1.